The fourth-order valence-electron chi connectivity index (χ4n) is 10.5. The lowest BCUT2D eigenvalue weighted by Gasteiger charge is -2.39. The first-order valence-electron chi connectivity index (χ1n) is 11.2. The molecule has 132 valence electrons. The van der Waals surface area contributed by atoms with Crippen LogP contribution < -0.4 is 0 Å². The monoisotopic (exact) mass is 332 g/mol. The molecule has 0 saturated heterocycles. The van der Waals surface area contributed by atoms with Crippen LogP contribution >= 0.6 is 0 Å². The Morgan fingerprint density at radius 3 is 2.32 bits per heavy atom. The summed E-state index contributed by atoms with van der Waals surface area (Å²) < 4.78 is 0. The van der Waals surface area contributed by atoms with Crippen LogP contribution in [0.5, 0.6) is 0 Å². The van der Waals surface area contributed by atoms with Gasteiger partial charge < -0.3 is 0 Å². The average Bonchev–Trinajstić information content (AvgIpc) is 3.52. The van der Waals surface area contributed by atoms with Gasteiger partial charge in [-0.2, -0.15) is 0 Å². The van der Waals surface area contributed by atoms with E-state index in [4.69, 9.17) is 0 Å². The van der Waals surface area contributed by atoms with E-state index in [-0.39, 0.29) is 0 Å². The van der Waals surface area contributed by atoms with E-state index in [9.17, 15) is 0 Å². The molecule has 0 aromatic carbocycles. The SMILES string of the molecule is CCC1=C(C)C(C)C1CCCC12C3(C4=C5CCC5=C4)C14C(C)C(C)C234. The van der Waals surface area contributed by atoms with Gasteiger partial charge in [0.25, 0.3) is 0 Å². The van der Waals surface area contributed by atoms with Crippen LogP contribution in [0.15, 0.2) is 33.9 Å². The molecule has 0 aliphatic heterocycles. The molecule has 0 aromatic rings. The summed E-state index contributed by atoms with van der Waals surface area (Å²) in [7, 11) is 0. The lowest BCUT2D eigenvalue weighted by molar-refractivity contribution is 0.195. The van der Waals surface area contributed by atoms with Gasteiger partial charge >= 0.3 is 0 Å². The Hall–Kier alpha value is -0.780. The minimum Gasteiger partial charge on any atom is -0.0704 e. The Labute approximate surface area is 152 Å². The van der Waals surface area contributed by atoms with Crippen molar-refractivity contribution in [3.63, 3.8) is 0 Å². The Bertz CT molecular complexity index is 840. The van der Waals surface area contributed by atoms with E-state index in [2.05, 4.69) is 40.7 Å². The zero-order valence-electron chi connectivity index (χ0n) is 16.6. The van der Waals surface area contributed by atoms with Crippen LogP contribution in [0.25, 0.3) is 0 Å². The first kappa shape index (κ1) is 14.3. The smallest absolute Gasteiger partial charge is 0.0166 e. The van der Waals surface area contributed by atoms with Crippen molar-refractivity contribution >= 4 is 0 Å². The van der Waals surface area contributed by atoms with E-state index >= 15 is 0 Å². The van der Waals surface area contributed by atoms with Gasteiger partial charge in [0.1, 0.15) is 0 Å². The second-order valence-corrected chi connectivity index (χ2v) is 10.8. The molecule has 0 bridgehead atoms. The van der Waals surface area contributed by atoms with Gasteiger partial charge in [0.2, 0.25) is 0 Å². The number of hydrogen-bond donors (Lipinski definition) is 0. The van der Waals surface area contributed by atoms with Crippen LogP contribution in [-0.2, 0) is 0 Å². The van der Waals surface area contributed by atoms with E-state index in [1.54, 1.807) is 17.6 Å². The topological polar surface area (TPSA) is 0 Å². The average molecular weight is 333 g/mol. The van der Waals surface area contributed by atoms with Gasteiger partial charge in [0.05, 0.1) is 0 Å². The minimum absolute atomic E-state index is 0.746. The predicted octanol–water partition coefficient (Wildman–Crippen LogP) is 6.45. The Morgan fingerprint density at radius 2 is 1.80 bits per heavy atom. The third-order valence-electron chi connectivity index (χ3n) is 11.4. The molecule has 8 rings (SSSR count). The lowest BCUT2D eigenvalue weighted by Crippen LogP contribution is -2.27. The van der Waals surface area contributed by atoms with E-state index < -0.39 is 0 Å². The van der Waals surface area contributed by atoms with Crippen molar-refractivity contribution in [2.75, 3.05) is 0 Å². The number of fused-ring (bicyclic) bond motifs is 1. The summed E-state index contributed by atoms with van der Waals surface area (Å²) >= 11 is 0. The summed E-state index contributed by atoms with van der Waals surface area (Å²) in [6.45, 7) is 12.4. The maximum absolute atomic E-state index is 2.64. The molecule has 0 aromatic heterocycles. The number of rotatable bonds is 6. The molecule has 2 spiro atoms. The van der Waals surface area contributed by atoms with Crippen molar-refractivity contribution in [2.24, 2.45) is 45.3 Å². The maximum Gasteiger partial charge on any atom is 0.0166 e. The summed E-state index contributed by atoms with van der Waals surface area (Å²) in [5.41, 5.74) is 12.2. The molecular formula is C25H32. The quantitative estimate of drug-likeness (QED) is 0.490. The minimum atomic E-state index is 0.746. The van der Waals surface area contributed by atoms with Crippen LogP contribution in [-0.4, -0.2) is 0 Å². The molecule has 0 radical (unpaired) electrons. The molecule has 25 heavy (non-hydrogen) atoms. The highest BCUT2D eigenvalue weighted by molar-refractivity contribution is 5.93. The van der Waals surface area contributed by atoms with Crippen molar-refractivity contribution in [1.82, 2.24) is 0 Å². The zero-order valence-corrected chi connectivity index (χ0v) is 16.6. The first-order chi connectivity index (χ1) is 12.0. The van der Waals surface area contributed by atoms with Crippen LogP contribution in [0.2, 0.25) is 0 Å². The normalized spacial score (nSPS) is 60.3. The molecule has 8 aliphatic carbocycles. The van der Waals surface area contributed by atoms with E-state index in [0.717, 1.165) is 45.3 Å². The third-order valence-corrected chi connectivity index (χ3v) is 11.4. The molecule has 0 heteroatoms. The van der Waals surface area contributed by atoms with E-state index in [1.807, 2.05) is 16.7 Å². The highest BCUT2D eigenvalue weighted by Gasteiger charge is 3.41. The molecule has 0 heterocycles. The molecule has 8 aliphatic rings. The van der Waals surface area contributed by atoms with Crippen LogP contribution in [0.4, 0.5) is 0 Å². The van der Waals surface area contributed by atoms with E-state index in [1.165, 1.54) is 32.1 Å². The van der Waals surface area contributed by atoms with Gasteiger partial charge in [-0.05, 0) is 95.7 Å². The van der Waals surface area contributed by atoms with Crippen molar-refractivity contribution in [2.45, 2.75) is 73.1 Å². The summed E-state index contributed by atoms with van der Waals surface area (Å²) in [5, 5.41) is 0. The number of allylic oxidation sites excluding steroid dienone is 6. The van der Waals surface area contributed by atoms with Gasteiger partial charge in [-0.25, -0.2) is 0 Å². The molecule has 6 unspecified atom stereocenters. The second-order valence-electron chi connectivity index (χ2n) is 10.8. The fraction of sp³-hybridized carbons (Fsp3) is 0.760. The number of hydrogen-bond acceptors (Lipinski definition) is 0. The Kier molecular flexibility index (Phi) is 2.00. The van der Waals surface area contributed by atoms with Crippen molar-refractivity contribution in [1.29, 1.82) is 0 Å². The maximum atomic E-state index is 2.64. The molecular weight excluding hydrogens is 300 g/mol. The van der Waals surface area contributed by atoms with Gasteiger partial charge in [-0.15, -0.1) is 0 Å². The van der Waals surface area contributed by atoms with Gasteiger partial charge in [0.15, 0.2) is 0 Å². The van der Waals surface area contributed by atoms with Crippen molar-refractivity contribution < 1.29 is 0 Å². The highest BCUT2D eigenvalue weighted by Crippen LogP contribution is 3.42. The summed E-state index contributed by atoms with van der Waals surface area (Å²) in [4.78, 5) is 0. The summed E-state index contributed by atoms with van der Waals surface area (Å²) in [5.74, 6) is 3.81. The van der Waals surface area contributed by atoms with Crippen molar-refractivity contribution in [3.8, 4) is 0 Å². The van der Waals surface area contributed by atoms with E-state index in [0.29, 0.717) is 0 Å². The molecule has 0 amide bonds. The fourth-order valence-corrected chi connectivity index (χ4v) is 10.5. The summed E-state index contributed by atoms with van der Waals surface area (Å²) in [6.07, 6.45) is 11.3. The highest BCUT2D eigenvalue weighted by atomic mass is 15.4. The third kappa shape index (κ3) is 0.876. The Balaban J connectivity index is 1.11. The second kappa shape index (κ2) is 3.50. The molecule has 6 saturated carbocycles. The summed E-state index contributed by atoms with van der Waals surface area (Å²) in [6, 6.07) is 0. The van der Waals surface area contributed by atoms with Crippen LogP contribution in [0, 0.1) is 45.3 Å². The molecule has 0 nitrogen and oxygen atoms in total. The zero-order chi connectivity index (χ0) is 17.1. The van der Waals surface area contributed by atoms with Crippen molar-refractivity contribution in [3.05, 3.63) is 33.9 Å². The lowest BCUT2D eigenvalue weighted by atomic mass is 9.66. The first-order valence-corrected chi connectivity index (χ1v) is 11.2. The molecule has 0 N–H and O–H groups in total. The van der Waals surface area contributed by atoms with Crippen LogP contribution in [0.3, 0.4) is 0 Å². The molecule has 6 fully saturated rings. The van der Waals surface area contributed by atoms with Gasteiger partial charge in [-0.1, -0.05) is 51.3 Å². The standard InChI is InChI=1S/C25H32/c1-6-18-13(2)14(3)19(18)8-7-11-22-23-15(4)16(5)24(22,23)25(22,23)21-12-17-9-10-20(17)21/h12,14-16,19H,6-11H2,1-5H3. The molecule has 6 atom stereocenters. The van der Waals surface area contributed by atoms with Gasteiger partial charge in [-0.3, -0.25) is 0 Å². The van der Waals surface area contributed by atoms with Crippen LogP contribution in [0.1, 0.15) is 73.1 Å². The largest absolute Gasteiger partial charge is 0.0704 e. The van der Waals surface area contributed by atoms with Gasteiger partial charge in [0, 0.05) is 5.41 Å². The predicted molar refractivity (Wildman–Crippen MR) is 102 cm³/mol. The Morgan fingerprint density at radius 1 is 1.08 bits per heavy atom.